The molecule has 0 unspecified atom stereocenters. The van der Waals surface area contributed by atoms with Crippen LogP contribution >= 0.6 is 0 Å². The van der Waals surface area contributed by atoms with E-state index in [1.807, 2.05) is 44.1 Å². The summed E-state index contributed by atoms with van der Waals surface area (Å²) in [7, 11) is 3.97. The SMILES string of the molecule is CCN1C[C@H](C(=O)NCc2cccc(N(C)C)c2)CC1=O. The molecule has 5 nitrogen and oxygen atoms in total. The molecule has 1 aromatic rings. The van der Waals surface area contributed by atoms with Gasteiger partial charge in [0.25, 0.3) is 0 Å². The minimum absolute atomic E-state index is 0.0328. The molecule has 1 fully saturated rings. The molecule has 114 valence electrons. The molecule has 0 spiro atoms. The van der Waals surface area contributed by atoms with E-state index < -0.39 is 0 Å². The summed E-state index contributed by atoms with van der Waals surface area (Å²) in [5.74, 6) is -0.170. The number of carbonyl (C=O) groups is 2. The van der Waals surface area contributed by atoms with Crippen LogP contribution in [0.2, 0.25) is 0 Å². The fourth-order valence-electron chi connectivity index (χ4n) is 2.53. The fraction of sp³-hybridized carbons (Fsp3) is 0.500. The molecule has 1 saturated heterocycles. The molecule has 5 heteroatoms. The Labute approximate surface area is 125 Å². The number of benzene rings is 1. The molecule has 2 rings (SSSR count). The average Bonchev–Trinajstić information content (AvgIpc) is 2.86. The smallest absolute Gasteiger partial charge is 0.225 e. The first-order chi connectivity index (χ1) is 10.0. The lowest BCUT2D eigenvalue weighted by Crippen LogP contribution is -2.32. The van der Waals surface area contributed by atoms with Crippen molar-refractivity contribution in [2.45, 2.75) is 19.9 Å². The third kappa shape index (κ3) is 3.74. The zero-order chi connectivity index (χ0) is 15.4. The number of anilines is 1. The quantitative estimate of drug-likeness (QED) is 0.887. The summed E-state index contributed by atoms with van der Waals surface area (Å²) in [5, 5.41) is 2.94. The second-order valence-corrected chi connectivity index (χ2v) is 5.62. The van der Waals surface area contributed by atoms with Crippen molar-refractivity contribution in [3.63, 3.8) is 0 Å². The van der Waals surface area contributed by atoms with Gasteiger partial charge in [-0.2, -0.15) is 0 Å². The Kier molecular flexibility index (Phi) is 4.83. The third-order valence-corrected chi connectivity index (χ3v) is 3.86. The first kappa shape index (κ1) is 15.4. The Hall–Kier alpha value is -2.04. The predicted octanol–water partition coefficient (Wildman–Crippen LogP) is 1.24. The largest absolute Gasteiger partial charge is 0.378 e. The van der Waals surface area contributed by atoms with Crippen LogP contribution in [0.4, 0.5) is 5.69 Å². The lowest BCUT2D eigenvalue weighted by Gasteiger charge is -2.15. The number of nitrogens with one attached hydrogen (secondary N) is 1. The summed E-state index contributed by atoms with van der Waals surface area (Å²) in [6.07, 6.45) is 0.331. The number of carbonyl (C=O) groups excluding carboxylic acids is 2. The Morgan fingerprint density at radius 2 is 2.19 bits per heavy atom. The molecule has 21 heavy (non-hydrogen) atoms. The van der Waals surface area contributed by atoms with E-state index in [-0.39, 0.29) is 17.7 Å². The maximum atomic E-state index is 12.1. The maximum Gasteiger partial charge on any atom is 0.225 e. The highest BCUT2D eigenvalue weighted by Gasteiger charge is 2.33. The molecule has 1 aliphatic rings. The van der Waals surface area contributed by atoms with E-state index >= 15 is 0 Å². The van der Waals surface area contributed by atoms with E-state index in [1.165, 1.54) is 0 Å². The monoisotopic (exact) mass is 289 g/mol. The van der Waals surface area contributed by atoms with Gasteiger partial charge in [0, 0.05) is 45.8 Å². The molecule has 0 saturated carbocycles. The lowest BCUT2D eigenvalue weighted by atomic mass is 10.1. The van der Waals surface area contributed by atoms with Crippen LogP contribution in [-0.2, 0) is 16.1 Å². The standard InChI is InChI=1S/C16H23N3O2/c1-4-19-11-13(9-15(19)20)16(21)17-10-12-6-5-7-14(8-12)18(2)3/h5-8,13H,4,9-11H2,1-3H3,(H,17,21)/t13-/m1/s1. The molecule has 1 heterocycles. The topological polar surface area (TPSA) is 52.7 Å². The van der Waals surface area contributed by atoms with E-state index in [2.05, 4.69) is 11.4 Å². The number of nitrogens with zero attached hydrogens (tertiary/aromatic N) is 2. The number of amides is 2. The Balaban J connectivity index is 1.90. The number of likely N-dealkylation sites (tertiary alicyclic amines) is 1. The molecule has 0 bridgehead atoms. The van der Waals surface area contributed by atoms with E-state index in [1.54, 1.807) is 4.90 Å². The van der Waals surface area contributed by atoms with Crippen LogP contribution in [0.25, 0.3) is 0 Å². The van der Waals surface area contributed by atoms with Crippen molar-refractivity contribution < 1.29 is 9.59 Å². The highest BCUT2D eigenvalue weighted by Crippen LogP contribution is 2.18. The van der Waals surface area contributed by atoms with Crippen LogP contribution in [0.5, 0.6) is 0 Å². The van der Waals surface area contributed by atoms with Crippen molar-refractivity contribution in [1.29, 1.82) is 0 Å². The number of rotatable bonds is 5. The van der Waals surface area contributed by atoms with Gasteiger partial charge in [-0.05, 0) is 24.6 Å². The summed E-state index contributed by atoms with van der Waals surface area (Å²) < 4.78 is 0. The molecular weight excluding hydrogens is 266 g/mol. The normalized spacial score (nSPS) is 18.0. The minimum atomic E-state index is -0.213. The Bertz CT molecular complexity index is 528. The van der Waals surface area contributed by atoms with Gasteiger partial charge < -0.3 is 15.1 Å². The minimum Gasteiger partial charge on any atom is -0.378 e. The number of hydrogen-bond acceptors (Lipinski definition) is 3. The molecule has 0 aromatic heterocycles. The van der Waals surface area contributed by atoms with E-state index in [9.17, 15) is 9.59 Å². The Morgan fingerprint density at radius 1 is 1.43 bits per heavy atom. The zero-order valence-electron chi connectivity index (χ0n) is 12.9. The van der Waals surface area contributed by atoms with Crippen LogP contribution in [0.15, 0.2) is 24.3 Å². The molecule has 1 N–H and O–H groups in total. The van der Waals surface area contributed by atoms with E-state index in [0.717, 1.165) is 11.3 Å². The van der Waals surface area contributed by atoms with Gasteiger partial charge in [-0.25, -0.2) is 0 Å². The summed E-state index contributed by atoms with van der Waals surface area (Å²) >= 11 is 0. The van der Waals surface area contributed by atoms with E-state index in [0.29, 0.717) is 26.1 Å². The van der Waals surface area contributed by atoms with Crippen molar-refractivity contribution in [3.8, 4) is 0 Å². The van der Waals surface area contributed by atoms with Crippen LogP contribution in [-0.4, -0.2) is 43.9 Å². The highest BCUT2D eigenvalue weighted by atomic mass is 16.2. The third-order valence-electron chi connectivity index (χ3n) is 3.86. The van der Waals surface area contributed by atoms with Gasteiger partial charge in [0.15, 0.2) is 0 Å². The summed E-state index contributed by atoms with van der Waals surface area (Å²) in [6, 6.07) is 8.05. The van der Waals surface area contributed by atoms with Crippen molar-refractivity contribution in [1.82, 2.24) is 10.2 Å². The fourth-order valence-corrected chi connectivity index (χ4v) is 2.53. The summed E-state index contributed by atoms with van der Waals surface area (Å²) in [6.45, 7) is 3.65. The predicted molar refractivity (Wildman–Crippen MR) is 83.0 cm³/mol. The summed E-state index contributed by atoms with van der Waals surface area (Å²) in [5.41, 5.74) is 2.17. The van der Waals surface area contributed by atoms with Crippen molar-refractivity contribution >= 4 is 17.5 Å². The summed E-state index contributed by atoms with van der Waals surface area (Å²) in [4.78, 5) is 27.6. The van der Waals surface area contributed by atoms with Gasteiger partial charge in [-0.15, -0.1) is 0 Å². The molecule has 0 aliphatic carbocycles. The lowest BCUT2D eigenvalue weighted by molar-refractivity contribution is -0.128. The second-order valence-electron chi connectivity index (χ2n) is 5.62. The molecule has 1 aliphatic heterocycles. The first-order valence-electron chi connectivity index (χ1n) is 7.33. The maximum absolute atomic E-state index is 12.1. The second kappa shape index (κ2) is 6.61. The van der Waals surface area contributed by atoms with Crippen LogP contribution in [0, 0.1) is 5.92 Å². The molecule has 0 radical (unpaired) electrons. The van der Waals surface area contributed by atoms with E-state index in [4.69, 9.17) is 0 Å². The molecule has 1 atom stereocenters. The Morgan fingerprint density at radius 3 is 2.81 bits per heavy atom. The van der Waals surface area contributed by atoms with Crippen molar-refractivity contribution in [3.05, 3.63) is 29.8 Å². The van der Waals surface area contributed by atoms with Gasteiger partial charge in [-0.3, -0.25) is 9.59 Å². The molecular formula is C16H23N3O2. The molecule has 2 amide bonds. The van der Waals surface area contributed by atoms with Crippen molar-refractivity contribution in [2.75, 3.05) is 32.1 Å². The van der Waals surface area contributed by atoms with Gasteiger partial charge in [0.1, 0.15) is 0 Å². The zero-order valence-corrected chi connectivity index (χ0v) is 12.9. The number of hydrogen-bond donors (Lipinski definition) is 1. The van der Waals surface area contributed by atoms with Crippen molar-refractivity contribution in [2.24, 2.45) is 5.92 Å². The average molecular weight is 289 g/mol. The van der Waals surface area contributed by atoms with Gasteiger partial charge in [-0.1, -0.05) is 12.1 Å². The molecule has 1 aromatic carbocycles. The van der Waals surface area contributed by atoms with Gasteiger partial charge in [0.05, 0.1) is 5.92 Å². The van der Waals surface area contributed by atoms with Crippen LogP contribution < -0.4 is 10.2 Å². The van der Waals surface area contributed by atoms with Gasteiger partial charge >= 0.3 is 0 Å². The van der Waals surface area contributed by atoms with Crippen LogP contribution in [0.3, 0.4) is 0 Å². The first-order valence-corrected chi connectivity index (χ1v) is 7.33. The highest BCUT2D eigenvalue weighted by molar-refractivity contribution is 5.89. The van der Waals surface area contributed by atoms with Gasteiger partial charge in [0.2, 0.25) is 11.8 Å². The van der Waals surface area contributed by atoms with Crippen LogP contribution in [0.1, 0.15) is 18.9 Å².